The summed E-state index contributed by atoms with van der Waals surface area (Å²) in [6, 6.07) is 7.30. The molecule has 4 rings (SSSR count). The number of H-pyrrole nitrogens is 1. The molecule has 9 heteroatoms. The Balaban J connectivity index is 1.41. The Morgan fingerprint density at radius 3 is 2.93 bits per heavy atom. The predicted molar refractivity (Wildman–Crippen MR) is 106 cm³/mol. The highest BCUT2D eigenvalue weighted by Crippen LogP contribution is 2.22. The molecule has 0 aliphatic carbocycles. The molecule has 0 radical (unpaired) electrons. The van der Waals surface area contributed by atoms with Gasteiger partial charge in [0.1, 0.15) is 11.4 Å². The molecule has 2 amide bonds. The van der Waals surface area contributed by atoms with E-state index < -0.39 is 0 Å². The number of amides is 2. The lowest BCUT2D eigenvalue weighted by molar-refractivity contribution is 0.0929. The number of ether oxygens (including phenoxy) is 2. The summed E-state index contributed by atoms with van der Waals surface area (Å²) in [6.45, 7) is 1.41. The van der Waals surface area contributed by atoms with E-state index in [1.54, 1.807) is 25.1 Å². The first-order valence-electron chi connectivity index (χ1n) is 9.38. The maximum atomic E-state index is 12.7. The van der Waals surface area contributed by atoms with Crippen molar-refractivity contribution in [1.82, 2.24) is 25.4 Å². The van der Waals surface area contributed by atoms with Crippen molar-refractivity contribution >= 4 is 22.7 Å². The predicted octanol–water partition coefficient (Wildman–Crippen LogP) is 1.10. The van der Waals surface area contributed by atoms with Crippen LogP contribution in [-0.4, -0.2) is 60.0 Å². The Morgan fingerprint density at radius 1 is 1.28 bits per heavy atom. The maximum absolute atomic E-state index is 12.7. The summed E-state index contributed by atoms with van der Waals surface area (Å²) in [6.07, 6.45) is 2.12. The molecule has 1 aliphatic heterocycles. The third-order valence-corrected chi connectivity index (χ3v) is 5.03. The minimum absolute atomic E-state index is 0.127. The number of hydrogen-bond acceptors (Lipinski definition) is 5. The van der Waals surface area contributed by atoms with Gasteiger partial charge in [0.05, 0.1) is 43.8 Å². The molecule has 1 aliphatic rings. The standard InChI is InChI=1S/C20H23N5O4/c1-28-6-5-21-19(26)15-10-22-25-11-13(8-18(15)25)23-20(27)17-7-12-3-4-14(29-2)9-16(12)24-17/h3-4,7,9-10,13,24H,5-6,8,11H2,1-2H3,(H,21,26)(H,23,27)/t13-/m0/s1. The van der Waals surface area contributed by atoms with Crippen LogP contribution >= 0.6 is 0 Å². The summed E-state index contributed by atoms with van der Waals surface area (Å²) < 4.78 is 11.9. The van der Waals surface area contributed by atoms with Crippen molar-refractivity contribution in [3.8, 4) is 5.75 Å². The molecule has 1 aromatic carbocycles. The second-order valence-electron chi connectivity index (χ2n) is 6.95. The molecule has 29 heavy (non-hydrogen) atoms. The van der Waals surface area contributed by atoms with Crippen LogP contribution in [0.2, 0.25) is 0 Å². The van der Waals surface area contributed by atoms with Crippen LogP contribution in [0, 0.1) is 0 Å². The van der Waals surface area contributed by atoms with Crippen LogP contribution in [0.1, 0.15) is 26.5 Å². The average molecular weight is 397 g/mol. The zero-order valence-corrected chi connectivity index (χ0v) is 16.3. The fraction of sp³-hybridized carbons (Fsp3) is 0.350. The molecule has 0 fully saturated rings. The molecule has 0 bridgehead atoms. The largest absolute Gasteiger partial charge is 0.497 e. The van der Waals surface area contributed by atoms with Crippen LogP contribution < -0.4 is 15.4 Å². The number of rotatable bonds is 7. The lowest BCUT2D eigenvalue weighted by Crippen LogP contribution is -2.36. The van der Waals surface area contributed by atoms with Crippen molar-refractivity contribution in [3.63, 3.8) is 0 Å². The van der Waals surface area contributed by atoms with Gasteiger partial charge in [-0.25, -0.2) is 0 Å². The smallest absolute Gasteiger partial charge is 0.268 e. The van der Waals surface area contributed by atoms with Crippen LogP contribution in [0.25, 0.3) is 10.9 Å². The van der Waals surface area contributed by atoms with Crippen LogP contribution in [0.3, 0.4) is 0 Å². The van der Waals surface area contributed by atoms with Crippen molar-refractivity contribution < 1.29 is 19.1 Å². The molecule has 0 saturated heterocycles. The Labute approximate surface area is 167 Å². The normalized spacial score (nSPS) is 15.3. The number of methoxy groups -OCH3 is 2. The van der Waals surface area contributed by atoms with Crippen molar-refractivity contribution in [1.29, 1.82) is 0 Å². The SMILES string of the molecule is COCCNC(=O)c1cnn2c1C[C@H](NC(=O)c1cc3ccc(OC)cc3[nH]1)C2. The average Bonchev–Trinajstić information content (AvgIpc) is 3.40. The molecule has 1 atom stereocenters. The van der Waals surface area contributed by atoms with Crippen molar-refractivity contribution in [2.45, 2.75) is 19.0 Å². The van der Waals surface area contributed by atoms with Gasteiger partial charge in [0.2, 0.25) is 0 Å². The first-order chi connectivity index (χ1) is 14.1. The lowest BCUT2D eigenvalue weighted by atomic mass is 10.1. The van der Waals surface area contributed by atoms with Gasteiger partial charge >= 0.3 is 0 Å². The van der Waals surface area contributed by atoms with E-state index in [0.717, 1.165) is 22.3 Å². The molecular formula is C20H23N5O4. The number of fused-ring (bicyclic) bond motifs is 2. The van der Waals surface area contributed by atoms with Crippen molar-refractivity contribution in [2.75, 3.05) is 27.4 Å². The highest BCUT2D eigenvalue weighted by Gasteiger charge is 2.29. The summed E-state index contributed by atoms with van der Waals surface area (Å²) in [5, 5.41) is 11.0. The number of aromatic nitrogens is 3. The van der Waals surface area contributed by atoms with Crippen LogP contribution in [0.5, 0.6) is 5.75 Å². The van der Waals surface area contributed by atoms with Gasteiger partial charge in [-0.05, 0) is 18.2 Å². The number of carbonyl (C=O) groups excluding carboxylic acids is 2. The number of hydrogen-bond donors (Lipinski definition) is 3. The van der Waals surface area contributed by atoms with Gasteiger partial charge in [-0.2, -0.15) is 5.10 Å². The molecule has 3 aromatic rings. The molecule has 9 nitrogen and oxygen atoms in total. The third kappa shape index (κ3) is 3.81. The summed E-state index contributed by atoms with van der Waals surface area (Å²) >= 11 is 0. The zero-order chi connectivity index (χ0) is 20.4. The Kier molecular flexibility index (Phi) is 5.22. The van der Waals surface area contributed by atoms with Crippen LogP contribution in [0.4, 0.5) is 0 Å². The van der Waals surface area contributed by atoms with Gasteiger partial charge < -0.3 is 25.1 Å². The second kappa shape index (κ2) is 7.96. The molecule has 0 unspecified atom stereocenters. The van der Waals surface area contributed by atoms with Gasteiger partial charge in [0, 0.05) is 37.0 Å². The highest BCUT2D eigenvalue weighted by molar-refractivity contribution is 5.98. The Morgan fingerprint density at radius 2 is 2.14 bits per heavy atom. The number of benzene rings is 1. The van der Waals surface area contributed by atoms with Gasteiger partial charge in [-0.15, -0.1) is 0 Å². The van der Waals surface area contributed by atoms with E-state index in [0.29, 0.717) is 37.4 Å². The highest BCUT2D eigenvalue weighted by atomic mass is 16.5. The number of nitrogens with zero attached hydrogens (tertiary/aromatic N) is 2. The van der Waals surface area contributed by atoms with Crippen LogP contribution in [-0.2, 0) is 17.7 Å². The molecule has 2 aromatic heterocycles. The fourth-order valence-corrected chi connectivity index (χ4v) is 3.56. The quantitative estimate of drug-likeness (QED) is 0.517. The lowest BCUT2D eigenvalue weighted by Gasteiger charge is -2.11. The number of carbonyl (C=O) groups is 2. The van der Waals surface area contributed by atoms with E-state index in [9.17, 15) is 9.59 Å². The molecular weight excluding hydrogens is 374 g/mol. The Hall–Kier alpha value is -3.33. The minimum Gasteiger partial charge on any atom is -0.497 e. The maximum Gasteiger partial charge on any atom is 0.268 e. The molecule has 3 N–H and O–H groups in total. The topological polar surface area (TPSA) is 110 Å². The van der Waals surface area contributed by atoms with E-state index in [4.69, 9.17) is 9.47 Å². The van der Waals surface area contributed by atoms with Gasteiger partial charge in [0.25, 0.3) is 11.8 Å². The van der Waals surface area contributed by atoms with E-state index >= 15 is 0 Å². The van der Waals surface area contributed by atoms with E-state index in [1.165, 1.54) is 0 Å². The van der Waals surface area contributed by atoms with E-state index in [2.05, 4.69) is 20.7 Å². The molecule has 3 heterocycles. The van der Waals surface area contributed by atoms with Gasteiger partial charge in [0.15, 0.2) is 0 Å². The third-order valence-electron chi connectivity index (χ3n) is 5.03. The zero-order valence-electron chi connectivity index (χ0n) is 16.3. The van der Waals surface area contributed by atoms with Crippen molar-refractivity contribution in [2.24, 2.45) is 0 Å². The fourth-order valence-electron chi connectivity index (χ4n) is 3.56. The summed E-state index contributed by atoms with van der Waals surface area (Å²) in [5.74, 6) is 0.352. The van der Waals surface area contributed by atoms with Gasteiger partial charge in [-0.3, -0.25) is 14.3 Å². The molecule has 152 valence electrons. The van der Waals surface area contributed by atoms with Crippen molar-refractivity contribution in [3.05, 3.63) is 47.4 Å². The number of nitrogens with one attached hydrogen (secondary N) is 3. The first kappa shape index (κ1) is 19.0. The summed E-state index contributed by atoms with van der Waals surface area (Å²) in [7, 11) is 3.19. The first-order valence-corrected chi connectivity index (χ1v) is 9.38. The molecule has 0 spiro atoms. The van der Waals surface area contributed by atoms with Crippen LogP contribution in [0.15, 0.2) is 30.5 Å². The number of aromatic amines is 1. The summed E-state index contributed by atoms with van der Waals surface area (Å²) in [4.78, 5) is 28.1. The van der Waals surface area contributed by atoms with E-state index in [1.807, 2.05) is 24.3 Å². The molecule has 0 saturated carbocycles. The minimum atomic E-state index is -0.193. The van der Waals surface area contributed by atoms with Gasteiger partial charge in [-0.1, -0.05) is 0 Å². The van der Waals surface area contributed by atoms with E-state index in [-0.39, 0.29) is 17.9 Å². The second-order valence-corrected chi connectivity index (χ2v) is 6.95. The summed E-state index contributed by atoms with van der Waals surface area (Å²) in [5.41, 5.74) is 2.68. The Bertz CT molecular complexity index is 1050. The monoisotopic (exact) mass is 397 g/mol.